The SMILES string of the molecule is CC(C)n1ccc(CNc2ccccc2)n1. The summed E-state index contributed by atoms with van der Waals surface area (Å²) in [4.78, 5) is 0. The van der Waals surface area contributed by atoms with Gasteiger partial charge in [-0.15, -0.1) is 0 Å². The Morgan fingerprint density at radius 1 is 1.19 bits per heavy atom. The van der Waals surface area contributed by atoms with Crippen molar-refractivity contribution in [3.8, 4) is 0 Å². The van der Waals surface area contributed by atoms with E-state index in [-0.39, 0.29) is 0 Å². The molecule has 0 unspecified atom stereocenters. The highest BCUT2D eigenvalue weighted by Gasteiger charge is 2.01. The average Bonchev–Trinajstić information content (AvgIpc) is 2.76. The molecule has 2 aromatic rings. The predicted octanol–water partition coefficient (Wildman–Crippen LogP) is 3.08. The van der Waals surface area contributed by atoms with Crippen LogP contribution in [0.3, 0.4) is 0 Å². The van der Waals surface area contributed by atoms with Gasteiger partial charge in [-0.1, -0.05) is 18.2 Å². The van der Waals surface area contributed by atoms with E-state index < -0.39 is 0 Å². The summed E-state index contributed by atoms with van der Waals surface area (Å²) in [5.41, 5.74) is 2.19. The normalized spacial score (nSPS) is 10.7. The van der Waals surface area contributed by atoms with Gasteiger partial charge in [0.25, 0.3) is 0 Å². The number of rotatable bonds is 4. The second-order valence-corrected chi connectivity index (χ2v) is 4.10. The third kappa shape index (κ3) is 2.63. The van der Waals surface area contributed by atoms with Gasteiger partial charge in [0.05, 0.1) is 12.2 Å². The zero-order valence-electron chi connectivity index (χ0n) is 9.72. The molecule has 0 aliphatic carbocycles. The van der Waals surface area contributed by atoms with Crippen molar-refractivity contribution >= 4 is 5.69 Å². The van der Waals surface area contributed by atoms with Crippen LogP contribution in [-0.4, -0.2) is 9.78 Å². The van der Waals surface area contributed by atoms with E-state index in [9.17, 15) is 0 Å². The Hall–Kier alpha value is -1.77. The second-order valence-electron chi connectivity index (χ2n) is 4.10. The smallest absolute Gasteiger partial charge is 0.0815 e. The molecule has 0 aliphatic heterocycles. The van der Waals surface area contributed by atoms with Crippen molar-refractivity contribution in [2.45, 2.75) is 26.4 Å². The van der Waals surface area contributed by atoms with E-state index in [4.69, 9.17) is 0 Å². The minimum atomic E-state index is 0.422. The third-order valence-corrected chi connectivity index (χ3v) is 2.44. The number of nitrogens with one attached hydrogen (secondary N) is 1. The van der Waals surface area contributed by atoms with Gasteiger partial charge in [0.1, 0.15) is 0 Å². The van der Waals surface area contributed by atoms with Gasteiger partial charge in [0.15, 0.2) is 0 Å². The van der Waals surface area contributed by atoms with Gasteiger partial charge in [0.2, 0.25) is 0 Å². The van der Waals surface area contributed by atoms with Gasteiger partial charge in [-0.2, -0.15) is 5.10 Å². The lowest BCUT2D eigenvalue weighted by atomic mass is 10.3. The maximum Gasteiger partial charge on any atom is 0.0815 e. The number of benzene rings is 1. The van der Waals surface area contributed by atoms with Crippen molar-refractivity contribution in [3.05, 3.63) is 48.3 Å². The monoisotopic (exact) mass is 215 g/mol. The molecular weight excluding hydrogens is 198 g/mol. The minimum absolute atomic E-state index is 0.422. The van der Waals surface area contributed by atoms with Crippen LogP contribution in [0.4, 0.5) is 5.69 Å². The molecule has 0 fully saturated rings. The van der Waals surface area contributed by atoms with Crippen LogP contribution in [-0.2, 0) is 6.54 Å². The molecule has 0 atom stereocenters. The largest absolute Gasteiger partial charge is 0.379 e. The summed E-state index contributed by atoms with van der Waals surface area (Å²) in [7, 11) is 0. The van der Waals surface area contributed by atoms with Crippen molar-refractivity contribution < 1.29 is 0 Å². The van der Waals surface area contributed by atoms with E-state index in [1.807, 2.05) is 29.1 Å². The van der Waals surface area contributed by atoms with Gasteiger partial charge in [-0.25, -0.2) is 0 Å². The van der Waals surface area contributed by atoms with E-state index in [1.54, 1.807) is 0 Å². The first-order valence-corrected chi connectivity index (χ1v) is 5.58. The van der Waals surface area contributed by atoms with E-state index in [0.717, 1.165) is 17.9 Å². The van der Waals surface area contributed by atoms with Crippen molar-refractivity contribution in [1.82, 2.24) is 9.78 Å². The topological polar surface area (TPSA) is 29.9 Å². The quantitative estimate of drug-likeness (QED) is 0.849. The fraction of sp³-hybridized carbons (Fsp3) is 0.308. The van der Waals surface area contributed by atoms with Gasteiger partial charge < -0.3 is 5.32 Å². The standard InChI is InChI=1S/C13H17N3/c1-11(2)16-9-8-13(15-16)10-14-12-6-4-3-5-7-12/h3-9,11,14H,10H2,1-2H3. The lowest BCUT2D eigenvalue weighted by molar-refractivity contribution is 0.527. The van der Waals surface area contributed by atoms with Crippen molar-refractivity contribution in [2.75, 3.05) is 5.32 Å². The number of aromatic nitrogens is 2. The van der Waals surface area contributed by atoms with Crippen LogP contribution < -0.4 is 5.32 Å². The molecule has 0 saturated heterocycles. The van der Waals surface area contributed by atoms with Gasteiger partial charge in [0, 0.05) is 17.9 Å². The molecule has 16 heavy (non-hydrogen) atoms. The van der Waals surface area contributed by atoms with Crippen LogP contribution in [0.2, 0.25) is 0 Å². The van der Waals surface area contributed by atoms with Crippen LogP contribution in [0.15, 0.2) is 42.6 Å². The Bertz CT molecular complexity index is 431. The Kier molecular flexibility index (Phi) is 3.25. The van der Waals surface area contributed by atoms with Crippen LogP contribution in [0.5, 0.6) is 0 Å². The zero-order chi connectivity index (χ0) is 11.4. The maximum absolute atomic E-state index is 4.48. The summed E-state index contributed by atoms with van der Waals surface area (Å²) in [5.74, 6) is 0. The fourth-order valence-electron chi connectivity index (χ4n) is 1.51. The first-order valence-electron chi connectivity index (χ1n) is 5.58. The summed E-state index contributed by atoms with van der Waals surface area (Å²) in [6.07, 6.45) is 2.02. The summed E-state index contributed by atoms with van der Waals surface area (Å²) in [6, 6.07) is 12.6. The average molecular weight is 215 g/mol. The lowest BCUT2D eigenvalue weighted by Crippen LogP contribution is -2.04. The number of para-hydroxylation sites is 1. The molecule has 2 rings (SSSR count). The molecule has 84 valence electrons. The fourth-order valence-corrected chi connectivity index (χ4v) is 1.51. The van der Waals surface area contributed by atoms with Gasteiger partial charge in [-0.05, 0) is 32.0 Å². The molecular formula is C13H17N3. The van der Waals surface area contributed by atoms with Crippen molar-refractivity contribution in [3.63, 3.8) is 0 Å². The second kappa shape index (κ2) is 4.84. The summed E-state index contributed by atoms with van der Waals surface area (Å²) >= 11 is 0. The third-order valence-electron chi connectivity index (χ3n) is 2.44. The van der Waals surface area contributed by atoms with E-state index >= 15 is 0 Å². The summed E-state index contributed by atoms with van der Waals surface area (Å²) in [6.45, 7) is 5.02. The molecule has 0 amide bonds. The molecule has 0 spiro atoms. The summed E-state index contributed by atoms with van der Waals surface area (Å²) in [5, 5.41) is 7.82. The molecule has 0 bridgehead atoms. The van der Waals surface area contributed by atoms with E-state index in [2.05, 4.69) is 42.5 Å². The lowest BCUT2D eigenvalue weighted by Gasteiger charge is -2.05. The molecule has 1 aromatic carbocycles. The van der Waals surface area contributed by atoms with Crippen LogP contribution >= 0.6 is 0 Å². The van der Waals surface area contributed by atoms with Crippen LogP contribution in [0, 0.1) is 0 Å². The number of hydrogen-bond acceptors (Lipinski definition) is 2. The highest BCUT2D eigenvalue weighted by Crippen LogP contribution is 2.08. The van der Waals surface area contributed by atoms with Gasteiger partial charge in [-0.3, -0.25) is 4.68 Å². The molecule has 1 heterocycles. The van der Waals surface area contributed by atoms with Gasteiger partial charge >= 0.3 is 0 Å². The first kappa shape index (κ1) is 10.7. The zero-order valence-corrected chi connectivity index (χ0v) is 9.72. The highest BCUT2D eigenvalue weighted by atomic mass is 15.3. The highest BCUT2D eigenvalue weighted by molar-refractivity contribution is 5.42. The molecule has 3 nitrogen and oxygen atoms in total. The number of nitrogens with zero attached hydrogens (tertiary/aromatic N) is 2. The Morgan fingerprint density at radius 2 is 1.94 bits per heavy atom. The van der Waals surface area contributed by atoms with E-state index in [1.165, 1.54) is 0 Å². The summed E-state index contributed by atoms with van der Waals surface area (Å²) < 4.78 is 1.97. The first-order chi connectivity index (χ1) is 7.75. The molecule has 1 aromatic heterocycles. The number of hydrogen-bond donors (Lipinski definition) is 1. The van der Waals surface area contributed by atoms with Crippen molar-refractivity contribution in [2.24, 2.45) is 0 Å². The molecule has 3 heteroatoms. The Morgan fingerprint density at radius 3 is 2.56 bits per heavy atom. The molecule has 0 saturated carbocycles. The van der Waals surface area contributed by atoms with Crippen LogP contribution in [0.1, 0.15) is 25.6 Å². The Balaban J connectivity index is 1.95. The van der Waals surface area contributed by atoms with E-state index in [0.29, 0.717) is 6.04 Å². The Labute approximate surface area is 96.1 Å². The van der Waals surface area contributed by atoms with Crippen molar-refractivity contribution in [1.29, 1.82) is 0 Å². The maximum atomic E-state index is 4.48. The molecule has 0 aliphatic rings. The minimum Gasteiger partial charge on any atom is -0.379 e. The number of anilines is 1. The van der Waals surface area contributed by atoms with Crippen LogP contribution in [0.25, 0.3) is 0 Å². The predicted molar refractivity (Wildman–Crippen MR) is 66.4 cm³/mol. The molecule has 0 radical (unpaired) electrons. The molecule has 1 N–H and O–H groups in total.